The molecule has 0 aliphatic carbocycles. The average molecular weight is 233 g/mol. The molecule has 5 nitrogen and oxygen atoms in total. The quantitative estimate of drug-likeness (QED) is 0.814. The van der Waals surface area contributed by atoms with Crippen LogP contribution in [0.3, 0.4) is 0 Å². The summed E-state index contributed by atoms with van der Waals surface area (Å²) in [6.45, 7) is 0.561. The molecule has 0 spiro atoms. The Labute approximate surface area is 99.4 Å². The molecule has 0 unspecified atom stereocenters. The maximum Gasteiger partial charge on any atom is 0.307 e. The Morgan fingerprint density at radius 2 is 2.35 bits per heavy atom. The number of hydrogen-bond acceptors (Lipinski definition) is 4. The van der Waals surface area contributed by atoms with Crippen LogP contribution in [0.4, 0.5) is 5.69 Å². The van der Waals surface area contributed by atoms with Crippen LogP contribution in [0.5, 0.6) is 0 Å². The summed E-state index contributed by atoms with van der Waals surface area (Å²) in [6, 6.07) is 5.94. The van der Waals surface area contributed by atoms with Gasteiger partial charge in [-0.1, -0.05) is 0 Å². The van der Waals surface area contributed by atoms with Crippen molar-refractivity contribution >= 4 is 22.7 Å². The third kappa shape index (κ3) is 2.55. The zero-order chi connectivity index (χ0) is 12.3. The third-order valence-corrected chi connectivity index (χ3v) is 2.61. The number of benzene rings is 1. The summed E-state index contributed by atoms with van der Waals surface area (Å²) >= 11 is 0. The van der Waals surface area contributed by atoms with E-state index in [4.69, 9.17) is 0 Å². The van der Waals surface area contributed by atoms with E-state index in [9.17, 15) is 4.79 Å². The molecule has 0 saturated carbocycles. The maximum atomic E-state index is 10.9. The van der Waals surface area contributed by atoms with E-state index in [2.05, 4.69) is 15.0 Å². The first-order valence-corrected chi connectivity index (χ1v) is 5.42. The Hall–Kier alpha value is -2.04. The molecule has 1 N–H and O–H groups in total. The molecule has 5 heteroatoms. The number of aryl methyl sites for hydroxylation is 1. The summed E-state index contributed by atoms with van der Waals surface area (Å²) in [4.78, 5) is 15.2. The van der Waals surface area contributed by atoms with E-state index < -0.39 is 0 Å². The normalized spacial score (nSPS) is 10.5. The lowest BCUT2D eigenvalue weighted by Gasteiger charge is -2.05. The van der Waals surface area contributed by atoms with Crippen molar-refractivity contribution in [2.75, 3.05) is 19.0 Å². The van der Waals surface area contributed by atoms with Crippen LogP contribution in [0, 0.1) is 0 Å². The van der Waals surface area contributed by atoms with Crippen molar-refractivity contribution < 1.29 is 9.53 Å². The van der Waals surface area contributed by atoms with Gasteiger partial charge in [-0.25, -0.2) is 4.98 Å². The SMILES string of the molecule is COC(=O)CCNc1ccc2c(c1)ncn2C. The lowest BCUT2D eigenvalue weighted by atomic mass is 10.2. The first-order chi connectivity index (χ1) is 8.20. The van der Waals surface area contributed by atoms with Gasteiger partial charge in [-0.3, -0.25) is 4.79 Å². The van der Waals surface area contributed by atoms with Gasteiger partial charge in [0.1, 0.15) is 0 Å². The number of hydrogen-bond donors (Lipinski definition) is 1. The van der Waals surface area contributed by atoms with E-state index in [1.165, 1.54) is 7.11 Å². The number of carbonyl (C=O) groups excluding carboxylic acids is 1. The molecule has 0 aliphatic rings. The van der Waals surface area contributed by atoms with Crippen LogP contribution in [0.15, 0.2) is 24.5 Å². The summed E-state index contributed by atoms with van der Waals surface area (Å²) in [5.41, 5.74) is 2.99. The number of methoxy groups -OCH3 is 1. The van der Waals surface area contributed by atoms with E-state index in [-0.39, 0.29) is 5.97 Å². The minimum atomic E-state index is -0.212. The molecule has 0 radical (unpaired) electrons. The Kier molecular flexibility index (Phi) is 3.27. The second-order valence-corrected chi connectivity index (χ2v) is 3.81. The van der Waals surface area contributed by atoms with E-state index >= 15 is 0 Å². The van der Waals surface area contributed by atoms with Gasteiger partial charge in [-0.05, 0) is 18.2 Å². The maximum absolute atomic E-state index is 10.9. The number of esters is 1. The Morgan fingerprint density at radius 1 is 1.53 bits per heavy atom. The van der Waals surface area contributed by atoms with Crippen molar-refractivity contribution in [2.24, 2.45) is 7.05 Å². The van der Waals surface area contributed by atoms with Gasteiger partial charge in [0, 0.05) is 19.3 Å². The molecule has 0 aliphatic heterocycles. The van der Waals surface area contributed by atoms with Crippen molar-refractivity contribution in [1.82, 2.24) is 9.55 Å². The second kappa shape index (κ2) is 4.86. The van der Waals surface area contributed by atoms with Crippen LogP contribution in [-0.2, 0) is 16.6 Å². The van der Waals surface area contributed by atoms with Crippen LogP contribution < -0.4 is 5.32 Å². The predicted molar refractivity (Wildman–Crippen MR) is 65.8 cm³/mol. The average Bonchev–Trinajstić information content (AvgIpc) is 2.70. The van der Waals surface area contributed by atoms with E-state index in [0.29, 0.717) is 13.0 Å². The lowest BCUT2D eigenvalue weighted by Crippen LogP contribution is -2.09. The second-order valence-electron chi connectivity index (χ2n) is 3.81. The topological polar surface area (TPSA) is 56.1 Å². The zero-order valence-electron chi connectivity index (χ0n) is 9.93. The molecule has 1 aromatic heterocycles. The van der Waals surface area contributed by atoms with Crippen molar-refractivity contribution in [3.8, 4) is 0 Å². The van der Waals surface area contributed by atoms with E-state index in [0.717, 1.165) is 16.7 Å². The number of nitrogens with zero attached hydrogens (tertiary/aromatic N) is 2. The van der Waals surface area contributed by atoms with Crippen molar-refractivity contribution in [3.63, 3.8) is 0 Å². The van der Waals surface area contributed by atoms with Crippen molar-refractivity contribution in [3.05, 3.63) is 24.5 Å². The zero-order valence-corrected chi connectivity index (χ0v) is 9.93. The summed E-state index contributed by atoms with van der Waals surface area (Å²) in [7, 11) is 3.35. The Balaban J connectivity index is 2.02. The van der Waals surface area contributed by atoms with Gasteiger partial charge in [-0.15, -0.1) is 0 Å². The number of aromatic nitrogens is 2. The standard InChI is InChI=1S/C12H15N3O2/c1-15-8-14-10-7-9(3-4-11(10)15)13-6-5-12(16)17-2/h3-4,7-8,13H,5-6H2,1-2H3. The van der Waals surface area contributed by atoms with Gasteiger partial charge in [0.15, 0.2) is 0 Å². The molecule has 0 atom stereocenters. The number of anilines is 1. The molecular formula is C12H15N3O2. The smallest absolute Gasteiger partial charge is 0.307 e. The van der Waals surface area contributed by atoms with Gasteiger partial charge < -0.3 is 14.6 Å². The van der Waals surface area contributed by atoms with Crippen molar-refractivity contribution in [1.29, 1.82) is 0 Å². The molecule has 2 aromatic rings. The van der Waals surface area contributed by atoms with Crippen LogP contribution >= 0.6 is 0 Å². The Bertz CT molecular complexity index is 534. The number of carbonyl (C=O) groups is 1. The first kappa shape index (κ1) is 11.4. The largest absolute Gasteiger partial charge is 0.469 e. The minimum absolute atomic E-state index is 0.212. The molecule has 2 rings (SSSR count). The highest BCUT2D eigenvalue weighted by atomic mass is 16.5. The highest BCUT2D eigenvalue weighted by Crippen LogP contribution is 2.17. The van der Waals surface area contributed by atoms with E-state index in [1.807, 2.05) is 29.8 Å². The molecule has 1 aromatic carbocycles. The molecule has 1 heterocycles. The lowest BCUT2D eigenvalue weighted by molar-refractivity contribution is -0.140. The van der Waals surface area contributed by atoms with Gasteiger partial charge in [0.05, 0.1) is 30.9 Å². The highest BCUT2D eigenvalue weighted by Gasteiger charge is 2.02. The predicted octanol–water partition coefficient (Wildman–Crippen LogP) is 1.55. The molecule has 0 saturated heterocycles. The number of fused-ring (bicyclic) bond motifs is 1. The fraction of sp³-hybridized carbons (Fsp3) is 0.333. The van der Waals surface area contributed by atoms with Crippen LogP contribution in [0.25, 0.3) is 11.0 Å². The van der Waals surface area contributed by atoms with Crippen molar-refractivity contribution in [2.45, 2.75) is 6.42 Å². The number of nitrogens with one attached hydrogen (secondary N) is 1. The van der Waals surface area contributed by atoms with Gasteiger partial charge >= 0.3 is 5.97 Å². The molecular weight excluding hydrogens is 218 g/mol. The van der Waals surface area contributed by atoms with Crippen LogP contribution in [0.2, 0.25) is 0 Å². The molecule has 0 amide bonds. The monoisotopic (exact) mass is 233 g/mol. The summed E-state index contributed by atoms with van der Waals surface area (Å²) in [5.74, 6) is -0.212. The van der Waals surface area contributed by atoms with Crippen LogP contribution in [0.1, 0.15) is 6.42 Å². The summed E-state index contributed by atoms with van der Waals surface area (Å²) in [6.07, 6.45) is 2.14. The van der Waals surface area contributed by atoms with Crippen LogP contribution in [-0.4, -0.2) is 29.2 Å². The fourth-order valence-electron chi connectivity index (χ4n) is 1.66. The first-order valence-electron chi connectivity index (χ1n) is 5.42. The summed E-state index contributed by atoms with van der Waals surface area (Å²) < 4.78 is 6.53. The van der Waals surface area contributed by atoms with Gasteiger partial charge in [0.2, 0.25) is 0 Å². The minimum Gasteiger partial charge on any atom is -0.469 e. The van der Waals surface area contributed by atoms with Gasteiger partial charge in [0.25, 0.3) is 0 Å². The molecule has 0 bridgehead atoms. The molecule has 17 heavy (non-hydrogen) atoms. The molecule has 0 fully saturated rings. The fourth-order valence-corrected chi connectivity index (χ4v) is 1.66. The third-order valence-electron chi connectivity index (χ3n) is 2.61. The highest BCUT2D eigenvalue weighted by molar-refractivity contribution is 5.79. The number of imidazole rings is 1. The number of rotatable bonds is 4. The molecule has 90 valence electrons. The Morgan fingerprint density at radius 3 is 3.12 bits per heavy atom. The summed E-state index contributed by atoms with van der Waals surface area (Å²) in [5, 5.41) is 3.16. The van der Waals surface area contributed by atoms with Gasteiger partial charge in [-0.2, -0.15) is 0 Å². The number of ether oxygens (including phenoxy) is 1. The van der Waals surface area contributed by atoms with E-state index in [1.54, 1.807) is 6.33 Å².